The minimum absolute atomic E-state index is 0.389. The highest BCUT2D eigenvalue weighted by Gasteiger charge is 2.12. The number of carbonyl (C=O) groups excluding carboxylic acids is 1. The van der Waals surface area contributed by atoms with Crippen molar-refractivity contribution < 1.29 is 14.3 Å². The van der Waals surface area contributed by atoms with E-state index in [1.165, 1.54) is 14.2 Å². The molecule has 4 heteroatoms. The van der Waals surface area contributed by atoms with E-state index in [-0.39, 0.29) is 0 Å². The van der Waals surface area contributed by atoms with Crippen molar-refractivity contribution in [3.05, 3.63) is 29.3 Å². The summed E-state index contributed by atoms with van der Waals surface area (Å²) >= 11 is 3.00. The first-order valence-corrected chi connectivity index (χ1v) is 4.90. The van der Waals surface area contributed by atoms with Gasteiger partial charge in [-0.2, -0.15) is 0 Å². The molecular formula is C11H9BrO3. The van der Waals surface area contributed by atoms with E-state index in [4.69, 9.17) is 4.74 Å². The molecule has 0 atom stereocenters. The fourth-order valence-electron chi connectivity index (χ4n) is 1.10. The molecule has 1 aromatic rings. The number of benzene rings is 1. The van der Waals surface area contributed by atoms with Gasteiger partial charge in [0.15, 0.2) is 0 Å². The zero-order valence-corrected chi connectivity index (χ0v) is 9.92. The third-order valence-electron chi connectivity index (χ3n) is 1.80. The van der Waals surface area contributed by atoms with Crippen LogP contribution in [0.3, 0.4) is 0 Å². The van der Waals surface area contributed by atoms with Gasteiger partial charge in [0.2, 0.25) is 0 Å². The number of methoxy groups -OCH3 is 2. The van der Waals surface area contributed by atoms with Crippen LogP contribution in [0, 0.1) is 10.8 Å². The van der Waals surface area contributed by atoms with Gasteiger partial charge in [-0.15, -0.1) is 0 Å². The van der Waals surface area contributed by atoms with Crippen LogP contribution in [0.25, 0.3) is 0 Å². The molecule has 78 valence electrons. The molecule has 0 radical (unpaired) electrons. The van der Waals surface area contributed by atoms with Gasteiger partial charge in [0.1, 0.15) is 11.3 Å². The molecule has 0 heterocycles. The summed E-state index contributed by atoms with van der Waals surface area (Å²) in [4.78, 5) is 13.9. The number of carbonyl (C=O) groups is 1. The van der Waals surface area contributed by atoms with E-state index in [0.717, 1.165) is 5.56 Å². The minimum atomic E-state index is -0.426. The number of esters is 1. The van der Waals surface area contributed by atoms with Gasteiger partial charge in [0.25, 0.3) is 0 Å². The average Bonchev–Trinajstić information content (AvgIpc) is 2.28. The molecule has 0 unspecified atom stereocenters. The Morgan fingerprint density at radius 3 is 2.67 bits per heavy atom. The van der Waals surface area contributed by atoms with Crippen molar-refractivity contribution in [2.75, 3.05) is 14.2 Å². The van der Waals surface area contributed by atoms with Crippen molar-refractivity contribution in [2.45, 2.75) is 0 Å². The maximum Gasteiger partial charge on any atom is 0.341 e. The second-order valence-electron chi connectivity index (χ2n) is 2.63. The second-order valence-corrected chi connectivity index (χ2v) is 3.02. The van der Waals surface area contributed by atoms with Crippen LogP contribution in [0.5, 0.6) is 5.75 Å². The van der Waals surface area contributed by atoms with Crippen LogP contribution in [0.15, 0.2) is 18.2 Å². The highest BCUT2D eigenvalue weighted by molar-refractivity contribution is 9.12. The predicted octanol–water partition coefficient (Wildman–Crippen LogP) is 2.19. The Kier molecular flexibility index (Phi) is 4.19. The Labute approximate surface area is 96.5 Å². The van der Waals surface area contributed by atoms with E-state index in [1.54, 1.807) is 18.2 Å². The number of halogens is 1. The van der Waals surface area contributed by atoms with Gasteiger partial charge < -0.3 is 9.47 Å². The van der Waals surface area contributed by atoms with E-state index in [1.807, 2.05) is 0 Å². The van der Waals surface area contributed by atoms with Crippen LogP contribution >= 0.6 is 15.9 Å². The van der Waals surface area contributed by atoms with Crippen molar-refractivity contribution >= 4 is 21.9 Å². The van der Waals surface area contributed by atoms with Crippen molar-refractivity contribution in [1.82, 2.24) is 0 Å². The first-order valence-electron chi connectivity index (χ1n) is 4.11. The normalized spacial score (nSPS) is 8.73. The fourth-order valence-corrected chi connectivity index (χ4v) is 1.33. The van der Waals surface area contributed by atoms with Crippen LogP contribution < -0.4 is 4.74 Å². The van der Waals surface area contributed by atoms with Crippen LogP contribution in [0.2, 0.25) is 0 Å². The predicted molar refractivity (Wildman–Crippen MR) is 60.1 cm³/mol. The second kappa shape index (κ2) is 5.42. The Bertz CT molecular complexity index is 429. The highest BCUT2D eigenvalue weighted by atomic mass is 79.9. The SMILES string of the molecule is COC(=O)c1ccc(C#CBr)cc1OC. The molecule has 0 fully saturated rings. The lowest BCUT2D eigenvalue weighted by atomic mass is 10.1. The smallest absolute Gasteiger partial charge is 0.341 e. The molecule has 0 aliphatic rings. The standard InChI is InChI=1S/C11H9BrO3/c1-14-10-7-8(5-6-12)3-4-9(10)11(13)15-2/h3-4,7H,1-2H3. The molecule has 0 bridgehead atoms. The Balaban J connectivity index is 3.18. The van der Waals surface area contributed by atoms with Crippen molar-refractivity contribution in [1.29, 1.82) is 0 Å². The molecule has 0 aliphatic heterocycles. The molecule has 0 aromatic heterocycles. The maximum atomic E-state index is 11.3. The highest BCUT2D eigenvalue weighted by Crippen LogP contribution is 2.20. The van der Waals surface area contributed by atoms with Gasteiger partial charge >= 0.3 is 5.97 Å². The first kappa shape index (κ1) is 11.6. The number of rotatable bonds is 2. The van der Waals surface area contributed by atoms with Gasteiger partial charge in [-0.1, -0.05) is 5.92 Å². The quantitative estimate of drug-likeness (QED) is 0.609. The summed E-state index contributed by atoms with van der Waals surface area (Å²) in [5, 5.41) is 0. The lowest BCUT2D eigenvalue weighted by Gasteiger charge is -2.06. The molecular weight excluding hydrogens is 260 g/mol. The molecule has 1 aromatic carbocycles. The van der Waals surface area contributed by atoms with Gasteiger partial charge in [0, 0.05) is 21.5 Å². The molecule has 0 aliphatic carbocycles. The zero-order chi connectivity index (χ0) is 11.3. The summed E-state index contributed by atoms with van der Waals surface area (Å²) in [6, 6.07) is 5.03. The molecule has 0 saturated heterocycles. The molecule has 15 heavy (non-hydrogen) atoms. The largest absolute Gasteiger partial charge is 0.496 e. The summed E-state index contributed by atoms with van der Waals surface area (Å²) in [6.07, 6.45) is 0. The summed E-state index contributed by atoms with van der Waals surface area (Å²) in [7, 11) is 2.82. The third kappa shape index (κ3) is 2.74. The van der Waals surface area contributed by atoms with Gasteiger partial charge in [-0.25, -0.2) is 4.79 Å². The van der Waals surface area contributed by atoms with Crippen LogP contribution in [0.1, 0.15) is 15.9 Å². The minimum Gasteiger partial charge on any atom is -0.496 e. The Morgan fingerprint density at radius 2 is 2.13 bits per heavy atom. The summed E-state index contributed by atoms with van der Waals surface area (Å²) in [6.45, 7) is 0. The molecule has 1 rings (SSSR count). The van der Waals surface area contributed by atoms with Crippen molar-refractivity contribution in [3.63, 3.8) is 0 Å². The van der Waals surface area contributed by atoms with E-state index in [0.29, 0.717) is 11.3 Å². The first-order chi connectivity index (χ1) is 7.22. The van der Waals surface area contributed by atoms with Gasteiger partial charge in [0.05, 0.1) is 14.2 Å². The Morgan fingerprint density at radius 1 is 1.40 bits per heavy atom. The van der Waals surface area contributed by atoms with E-state index >= 15 is 0 Å². The lowest BCUT2D eigenvalue weighted by molar-refractivity contribution is 0.0597. The van der Waals surface area contributed by atoms with E-state index < -0.39 is 5.97 Å². The van der Waals surface area contributed by atoms with Crippen LogP contribution in [-0.4, -0.2) is 20.2 Å². The number of hydrogen-bond donors (Lipinski definition) is 0. The Hall–Kier alpha value is -1.47. The van der Waals surface area contributed by atoms with Crippen molar-refractivity contribution in [3.8, 4) is 16.5 Å². The molecule has 3 nitrogen and oxygen atoms in total. The van der Waals surface area contributed by atoms with Crippen LogP contribution in [0.4, 0.5) is 0 Å². The van der Waals surface area contributed by atoms with E-state index in [2.05, 4.69) is 31.4 Å². The van der Waals surface area contributed by atoms with Gasteiger partial charge in [-0.3, -0.25) is 0 Å². The summed E-state index contributed by atoms with van der Waals surface area (Å²) < 4.78 is 9.69. The van der Waals surface area contributed by atoms with Crippen molar-refractivity contribution in [2.24, 2.45) is 0 Å². The average molecular weight is 269 g/mol. The molecule has 0 spiro atoms. The topological polar surface area (TPSA) is 35.5 Å². The number of ether oxygens (including phenoxy) is 2. The molecule has 0 saturated carbocycles. The lowest BCUT2D eigenvalue weighted by Crippen LogP contribution is -2.04. The maximum absolute atomic E-state index is 11.3. The van der Waals surface area contributed by atoms with Gasteiger partial charge in [-0.05, 0) is 23.0 Å². The van der Waals surface area contributed by atoms with E-state index in [9.17, 15) is 4.79 Å². The molecule has 0 amide bonds. The summed E-state index contributed by atoms with van der Waals surface area (Å²) in [5.41, 5.74) is 1.15. The zero-order valence-electron chi connectivity index (χ0n) is 8.33. The summed E-state index contributed by atoms with van der Waals surface area (Å²) in [5.74, 6) is 2.83. The fraction of sp³-hybridized carbons (Fsp3) is 0.182. The third-order valence-corrected chi connectivity index (χ3v) is 2.00. The monoisotopic (exact) mass is 268 g/mol. The molecule has 0 N–H and O–H groups in total. The van der Waals surface area contributed by atoms with Crippen LogP contribution in [-0.2, 0) is 4.74 Å². The number of hydrogen-bond acceptors (Lipinski definition) is 3.